The van der Waals surface area contributed by atoms with E-state index in [1.54, 1.807) is 0 Å². The highest BCUT2D eigenvalue weighted by atomic mass is 79.9. The van der Waals surface area contributed by atoms with Crippen molar-refractivity contribution in [3.63, 3.8) is 0 Å². The minimum Gasteiger partial charge on any atom is -0.384 e. The second-order valence-corrected chi connectivity index (χ2v) is 5.84. The average molecular weight is 321 g/mol. The van der Waals surface area contributed by atoms with Gasteiger partial charge in [0.05, 0.1) is 5.03 Å². The van der Waals surface area contributed by atoms with Crippen molar-refractivity contribution in [1.82, 2.24) is 5.32 Å². The molecule has 4 heteroatoms. The van der Waals surface area contributed by atoms with Gasteiger partial charge in [-0.25, -0.2) is 0 Å². The summed E-state index contributed by atoms with van der Waals surface area (Å²) in [6, 6.07) is 0. The van der Waals surface area contributed by atoms with Crippen LogP contribution in [0, 0.1) is 5.92 Å². The Morgan fingerprint density at radius 3 is 2.71 bits per heavy atom. The maximum absolute atomic E-state index is 6.10. The molecule has 0 amide bonds. The maximum Gasteiger partial charge on any atom is 0.0631 e. The Morgan fingerprint density at radius 1 is 1.47 bits per heavy atom. The maximum atomic E-state index is 6.10. The molecule has 1 heterocycles. The fourth-order valence-electron chi connectivity index (χ4n) is 1.59. The van der Waals surface area contributed by atoms with Crippen molar-refractivity contribution in [3.05, 3.63) is 33.9 Å². The number of hydrogen-bond donors (Lipinski definition) is 1. The van der Waals surface area contributed by atoms with Crippen LogP contribution >= 0.6 is 27.5 Å². The molecule has 96 valence electrons. The molecule has 2 nitrogen and oxygen atoms in total. The molecular weight excluding hydrogens is 302 g/mol. The summed E-state index contributed by atoms with van der Waals surface area (Å²) in [7, 11) is 0. The summed E-state index contributed by atoms with van der Waals surface area (Å²) < 4.78 is 6.35. The monoisotopic (exact) mass is 319 g/mol. The van der Waals surface area contributed by atoms with Crippen molar-refractivity contribution in [3.8, 4) is 0 Å². The van der Waals surface area contributed by atoms with E-state index in [9.17, 15) is 0 Å². The van der Waals surface area contributed by atoms with Gasteiger partial charge in [-0.15, -0.1) is 0 Å². The summed E-state index contributed by atoms with van der Waals surface area (Å²) in [5, 5.41) is 3.93. The normalized spacial score (nSPS) is 19.2. The predicted molar refractivity (Wildman–Crippen MR) is 77.3 cm³/mol. The van der Waals surface area contributed by atoms with Gasteiger partial charge >= 0.3 is 0 Å². The molecule has 0 aliphatic carbocycles. The third-order valence-corrected chi connectivity index (χ3v) is 3.31. The Hall–Kier alpha value is -0.250. The van der Waals surface area contributed by atoms with Crippen LogP contribution in [0.4, 0.5) is 0 Å². The van der Waals surface area contributed by atoms with Gasteiger partial charge in [0.25, 0.3) is 0 Å². The fourth-order valence-corrected chi connectivity index (χ4v) is 1.85. The van der Waals surface area contributed by atoms with Gasteiger partial charge in [-0.2, -0.15) is 0 Å². The molecule has 0 aromatic heterocycles. The van der Waals surface area contributed by atoms with Crippen LogP contribution in [0.2, 0.25) is 0 Å². The van der Waals surface area contributed by atoms with E-state index in [4.69, 9.17) is 16.3 Å². The van der Waals surface area contributed by atoms with E-state index in [0.717, 1.165) is 42.8 Å². The highest BCUT2D eigenvalue weighted by Crippen LogP contribution is 2.16. The SMILES string of the molecule is C=C(NCC1CCOCC1)/C(Cl)=C\C=C(/C)Br. The number of hydrogen-bond acceptors (Lipinski definition) is 2. The zero-order chi connectivity index (χ0) is 12.7. The smallest absolute Gasteiger partial charge is 0.0631 e. The minimum absolute atomic E-state index is 0.649. The summed E-state index contributed by atoms with van der Waals surface area (Å²) in [6.45, 7) is 8.54. The van der Waals surface area contributed by atoms with Gasteiger partial charge in [0.1, 0.15) is 0 Å². The molecule has 1 fully saturated rings. The third kappa shape index (κ3) is 6.29. The molecule has 0 atom stereocenters. The fraction of sp³-hybridized carbons (Fsp3) is 0.538. The Kier molecular flexibility index (Phi) is 6.93. The van der Waals surface area contributed by atoms with E-state index in [1.165, 1.54) is 0 Å². The molecule has 0 unspecified atom stereocenters. The van der Waals surface area contributed by atoms with Crippen molar-refractivity contribution >= 4 is 27.5 Å². The molecule has 1 aliphatic heterocycles. The number of rotatable bonds is 5. The van der Waals surface area contributed by atoms with Gasteiger partial charge in [0, 0.05) is 25.5 Å². The highest BCUT2D eigenvalue weighted by molar-refractivity contribution is 9.11. The lowest BCUT2D eigenvalue weighted by molar-refractivity contribution is 0.0671. The van der Waals surface area contributed by atoms with Crippen LogP contribution in [-0.4, -0.2) is 19.8 Å². The first-order chi connectivity index (χ1) is 8.09. The number of allylic oxidation sites excluding steroid dienone is 4. The molecule has 0 saturated carbocycles. The van der Waals surface area contributed by atoms with Gasteiger partial charge in [-0.05, 0) is 36.2 Å². The Bertz CT molecular complexity index is 315. The lowest BCUT2D eigenvalue weighted by Gasteiger charge is -2.23. The van der Waals surface area contributed by atoms with E-state index in [2.05, 4.69) is 27.8 Å². The largest absolute Gasteiger partial charge is 0.384 e. The molecular formula is C13H19BrClNO. The van der Waals surface area contributed by atoms with Gasteiger partial charge in [-0.3, -0.25) is 0 Å². The zero-order valence-corrected chi connectivity index (χ0v) is 12.5. The van der Waals surface area contributed by atoms with Gasteiger partial charge in [0.2, 0.25) is 0 Å². The first-order valence-electron chi connectivity index (χ1n) is 5.80. The van der Waals surface area contributed by atoms with Crippen LogP contribution in [0.5, 0.6) is 0 Å². The molecule has 0 bridgehead atoms. The zero-order valence-electron chi connectivity index (χ0n) is 10.1. The summed E-state index contributed by atoms with van der Waals surface area (Å²) in [4.78, 5) is 0. The molecule has 1 saturated heterocycles. The van der Waals surface area contributed by atoms with E-state index in [-0.39, 0.29) is 0 Å². The van der Waals surface area contributed by atoms with E-state index in [0.29, 0.717) is 11.0 Å². The van der Waals surface area contributed by atoms with Crippen LogP contribution < -0.4 is 5.32 Å². The van der Waals surface area contributed by atoms with Crippen molar-refractivity contribution in [1.29, 1.82) is 0 Å². The Balaban J connectivity index is 2.33. The standard InChI is InChI=1S/C13H19BrClNO/c1-10(14)3-4-13(15)11(2)16-9-12-5-7-17-8-6-12/h3-4,12,16H,2,5-9H2,1H3/b10-3+,13-4+. The quantitative estimate of drug-likeness (QED) is 0.775. The molecule has 17 heavy (non-hydrogen) atoms. The lowest BCUT2D eigenvalue weighted by atomic mass is 10.0. The van der Waals surface area contributed by atoms with Gasteiger partial charge in [-0.1, -0.05) is 40.2 Å². The predicted octanol–water partition coefficient (Wildman–Crippen LogP) is 3.94. The first-order valence-corrected chi connectivity index (χ1v) is 6.97. The number of ether oxygens (including phenoxy) is 1. The third-order valence-electron chi connectivity index (χ3n) is 2.69. The van der Waals surface area contributed by atoms with E-state index >= 15 is 0 Å². The van der Waals surface area contributed by atoms with Gasteiger partial charge < -0.3 is 10.1 Å². The van der Waals surface area contributed by atoms with Crippen molar-refractivity contribution in [2.24, 2.45) is 5.92 Å². The lowest BCUT2D eigenvalue weighted by Crippen LogP contribution is -2.27. The van der Waals surface area contributed by atoms with Crippen molar-refractivity contribution in [2.45, 2.75) is 19.8 Å². The summed E-state index contributed by atoms with van der Waals surface area (Å²) in [5.41, 5.74) is 0.781. The Labute approximate surface area is 117 Å². The molecule has 0 aromatic carbocycles. The second-order valence-electron chi connectivity index (χ2n) is 4.18. The van der Waals surface area contributed by atoms with Crippen LogP contribution in [-0.2, 0) is 4.74 Å². The molecule has 0 radical (unpaired) electrons. The molecule has 1 rings (SSSR count). The minimum atomic E-state index is 0.649. The number of nitrogens with one attached hydrogen (secondary N) is 1. The van der Waals surface area contributed by atoms with Crippen LogP contribution in [0.1, 0.15) is 19.8 Å². The van der Waals surface area contributed by atoms with Crippen LogP contribution in [0.25, 0.3) is 0 Å². The highest BCUT2D eigenvalue weighted by Gasteiger charge is 2.13. The van der Waals surface area contributed by atoms with Gasteiger partial charge in [0.15, 0.2) is 0 Å². The molecule has 0 spiro atoms. The summed E-state index contributed by atoms with van der Waals surface area (Å²) in [5.74, 6) is 0.665. The average Bonchev–Trinajstić information content (AvgIpc) is 2.34. The summed E-state index contributed by atoms with van der Waals surface area (Å²) >= 11 is 9.45. The Morgan fingerprint density at radius 2 is 2.12 bits per heavy atom. The second kappa shape index (κ2) is 7.96. The molecule has 1 N–H and O–H groups in total. The molecule has 1 aliphatic rings. The van der Waals surface area contributed by atoms with Crippen molar-refractivity contribution in [2.75, 3.05) is 19.8 Å². The topological polar surface area (TPSA) is 21.3 Å². The van der Waals surface area contributed by atoms with Crippen LogP contribution in [0.3, 0.4) is 0 Å². The molecule has 0 aromatic rings. The van der Waals surface area contributed by atoms with Crippen molar-refractivity contribution < 1.29 is 4.74 Å². The summed E-state index contributed by atoms with van der Waals surface area (Å²) in [6.07, 6.45) is 5.97. The number of halogens is 2. The first kappa shape index (κ1) is 14.8. The van der Waals surface area contributed by atoms with E-state index in [1.807, 2.05) is 19.1 Å². The van der Waals surface area contributed by atoms with E-state index < -0.39 is 0 Å². The van der Waals surface area contributed by atoms with Crippen LogP contribution in [0.15, 0.2) is 33.9 Å².